The van der Waals surface area contributed by atoms with Gasteiger partial charge >= 0.3 is 0 Å². The van der Waals surface area contributed by atoms with Gasteiger partial charge in [0.15, 0.2) is 0 Å². The normalized spacial score (nSPS) is 18.7. The average Bonchev–Trinajstić information content (AvgIpc) is 3.00. The van der Waals surface area contributed by atoms with Gasteiger partial charge < -0.3 is 9.32 Å². The van der Waals surface area contributed by atoms with Gasteiger partial charge in [-0.1, -0.05) is 19.1 Å². The number of carbonyl (C=O) groups excluding carboxylic acids is 1. The Morgan fingerprint density at radius 3 is 2.96 bits per heavy atom. The second-order valence-corrected chi connectivity index (χ2v) is 8.00. The van der Waals surface area contributed by atoms with Crippen LogP contribution in [0.1, 0.15) is 34.7 Å². The van der Waals surface area contributed by atoms with Gasteiger partial charge in [-0.15, -0.1) is 23.5 Å². The molecule has 2 aromatic rings. The zero-order valence-electron chi connectivity index (χ0n) is 13.2. The van der Waals surface area contributed by atoms with E-state index in [0.29, 0.717) is 5.25 Å². The Hall–Kier alpha value is -1.33. The molecule has 1 aliphatic rings. The van der Waals surface area contributed by atoms with E-state index in [4.69, 9.17) is 4.42 Å². The van der Waals surface area contributed by atoms with Gasteiger partial charge in [0.1, 0.15) is 5.76 Å². The largest absolute Gasteiger partial charge is 0.468 e. The Bertz CT molecular complexity index is 642. The molecule has 0 spiro atoms. The number of carbonyl (C=O) groups is 1. The fraction of sp³-hybridized carbons (Fsp3) is 0.389. The highest BCUT2D eigenvalue weighted by Crippen LogP contribution is 2.35. The first kappa shape index (κ1) is 16.5. The minimum absolute atomic E-state index is 0.155. The number of hydrogen-bond donors (Lipinski definition) is 0. The summed E-state index contributed by atoms with van der Waals surface area (Å²) in [4.78, 5) is 16.0. The molecule has 0 N–H and O–H groups in total. The van der Waals surface area contributed by atoms with Crippen molar-refractivity contribution in [1.82, 2.24) is 4.90 Å². The van der Waals surface area contributed by atoms with Crippen molar-refractivity contribution in [2.45, 2.75) is 23.5 Å². The molecule has 2 heterocycles. The van der Waals surface area contributed by atoms with Gasteiger partial charge in [0.05, 0.1) is 17.1 Å². The summed E-state index contributed by atoms with van der Waals surface area (Å²) < 4.78 is 5.53. The molecule has 0 aliphatic carbocycles. The maximum Gasteiger partial charge on any atom is 0.255 e. The fourth-order valence-corrected chi connectivity index (χ4v) is 4.75. The van der Waals surface area contributed by atoms with Crippen molar-refractivity contribution >= 4 is 29.4 Å². The van der Waals surface area contributed by atoms with Gasteiger partial charge in [0.2, 0.25) is 0 Å². The number of benzene rings is 1. The highest BCUT2D eigenvalue weighted by molar-refractivity contribution is 7.99. The van der Waals surface area contributed by atoms with Crippen LogP contribution >= 0.6 is 23.5 Å². The van der Waals surface area contributed by atoms with Crippen LogP contribution in [0.25, 0.3) is 0 Å². The van der Waals surface area contributed by atoms with Crippen LogP contribution in [0.3, 0.4) is 0 Å². The van der Waals surface area contributed by atoms with Gasteiger partial charge in [-0.05, 0) is 36.4 Å². The second-order valence-electron chi connectivity index (χ2n) is 5.38. The van der Waals surface area contributed by atoms with Crippen LogP contribution in [0.4, 0.5) is 0 Å². The minimum Gasteiger partial charge on any atom is -0.468 e. The molecule has 5 heteroatoms. The predicted octanol–water partition coefficient (Wildman–Crippen LogP) is 4.71. The first-order valence-corrected chi connectivity index (χ1v) is 9.99. The predicted molar refractivity (Wildman–Crippen MR) is 97.3 cm³/mol. The van der Waals surface area contributed by atoms with Crippen LogP contribution in [0.5, 0.6) is 0 Å². The molecule has 1 fully saturated rings. The molecule has 0 saturated carbocycles. The lowest BCUT2D eigenvalue weighted by atomic mass is 10.1. The van der Waals surface area contributed by atoms with E-state index in [0.717, 1.165) is 47.2 Å². The number of thioether (sulfide) groups is 2. The topological polar surface area (TPSA) is 33.5 Å². The van der Waals surface area contributed by atoms with Gasteiger partial charge in [0.25, 0.3) is 5.91 Å². The lowest BCUT2D eigenvalue weighted by Crippen LogP contribution is -2.33. The lowest BCUT2D eigenvalue weighted by Gasteiger charge is -2.21. The van der Waals surface area contributed by atoms with E-state index in [1.165, 1.54) is 0 Å². The van der Waals surface area contributed by atoms with Crippen LogP contribution < -0.4 is 0 Å². The van der Waals surface area contributed by atoms with Gasteiger partial charge in [-0.25, -0.2) is 0 Å². The van der Waals surface area contributed by atoms with Crippen LogP contribution in [0.2, 0.25) is 0 Å². The van der Waals surface area contributed by atoms with E-state index < -0.39 is 0 Å². The molecule has 3 rings (SSSR count). The fourth-order valence-electron chi connectivity index (χ4n) is 2.77. The minimum atomic E-state index is 0.155. The van der Waals surface area contributed by atoms with E-state index in [-0.39, 0.29) is 5.91 Å². The first-order chi connectivity index (χ1) is 11.3. The molecule has 1 aromatic heterocycles. The summed E-state index contributed by atoms with van der Waals surface area (Å²) in [6.07, 6.45) is 2.66. The maximum absolute atomic E-state index is 12.9. The third-order valence-electron chi connectivity index (χ3n) is 3.91. The highest BCUT2D eigenvalue weighted by atomic mass is 32.2. The Morgan fingerprint density at radius 2 is 2.17 bits per heavy atom. The Kier molecular flexibility index (Phi) is 5.73. The lowest BCUT2D eigenvalue weighted by molar-refractivity contribution is 0.0762. The third kappa shape index (κ3) is 3.96. The number of furan rings is 1. The number of nitrogens with zero attached hydrogens (tertiary/aromatic N) is 1. The first-order valence-electron chi connectivity index (χ1n) is 7.95. The molecular weight excluding hydrogens is 326 g/mol. The molecule has 23 heavy (non-hydrogen) atoms. The molecule has 1 aliphatic heterocycles. The van der Waals surface area contributed by atoms with Crippen LogP contribution in [0, 0.1) is 0 Å². The van der Waals surface area contributed by atoms with Crippen molar-refractivity contribution in [3.8, 4) is 0 Å². The summed E-state index contributed by atoms with van der Waals surface area (Å²) >= 11 is 3.61. The molecule has 1 amide bonds. The summed E-state index contributed by atoms with van der Waals surface area (Å²) in [5.41, 5.74) is 0.834. The summed E-state index contributed by atoms with van der Waals surface area (Å²) in [5.74, 6) is 3.09. The standard InChI is InChI=1S/C18H21NO2S2/c1-2-22-16-8-4-3-6-14(16)18(20)19-10-9-17(23-13-11-19)15-7-5-12-21-15/h3-8,12,17H,2,9-11,13H2,1H3. The van der Waals surface area contributed by atoms with Gasteiger partial charge in [-0.3, -0.25) is 4.79 Å². The quantitative estimate of drug-likeness (QED) is 0.750. The Morgan fingerprint density at radius 1 is 1.30 bits per heavy atom. The summed E-state index contributed by atoms with van der Waals surface area (Å²) in [6, 6.07) is 11.9. The Balaban J connectivity index is 1.71. The van der Waals surface area contributed by atoms with E-state index in [2.05, 4.69) is 6.92 Å². The van der Waals surface area contributed by atoms with E-state index in [1.54, 1.807) is 18.0 Å². The molecule has 1 atom stereocenters. The summed E-state index contributed by atoms with van der Waals surface area (Å²) in [7, 11) is 0. The molecule has 0 radical (unpaired) electrons. The SMILES string of the molecule is CCSc1ccccc1C(=O)N1CCSC(c2ccco2)CC1. The number of rotatable bonds is 4. The molecule has 122 valence electrons. The molecule has 3 nitrogen and oxygen atoms in total. The zero-order valence-corrected chi connectivity index (χ0v) is 14.9. The van der Waals surface area contributed by atoms with E-state index in [9.17, 15) is 4.79 Å². The molecular formula is C18H21NO2S2. The van der Waals surface area contributed by atoms with Crippen molar-refractivity contribution in [3.05, 3.63) is 54.0 Å². The van der Waals surface area contributed by atoms with Crippen molar-refractivity contribution < 1.29 is 9.21 Å². The van der Waals surface area contributed by atoms with Crippen molar-refractivity contribution in [2.75, 3.05) is 24.6 Å². The Labute approximate surface area is 145 Å². The highest BCUT2D eigenvalue weighted by Gasteiger charge is 2.25. The third-order valence-corrected chi connectivity index (χ3v) is 6.15. The van der Waals surface area contributed by atoms with Crippen LogP contribution in [0.15, 0.2) is 52.0 Å². The monoisotopic (exact) mass is 347 g/mol. The van der Waals surface area contributed by atoms with Crippen LogP contribution in [-0.4, -0.2) is 35.4 Å². The van der Waals surface area contributed by atoms with Crippen molar-refractivity contribution in [3.63, 3.8) is 0 Å². The molecule has 1 unspecified atom stereocenters. The molecule has 0 bridgehead atoms. The van der Waals surface area contributed by atoms with Gasteiger partial charge in [-0.2, -0.15) is 0 Å². The maximum atomic E-state index is 12.9. The second kappa shape index (κ2) is 7.97. The summed E-state index contributed by atoms with van der Waals surface area (Å²) in [6.45, 7) is 3.69. The number of amides is 1. The van der Waals surface area contributed by atoms with Crippen molar-refractivity contribution in [2.24, 2.45) is 0 Å². The smallest absolute Gasteiger partial charge is 0.255 e. The molecule has 1 aromatic carbocycles. The zero-order chi connectivity index (χ0) is 16.1. The average molecular weight is 348 g/mol. The van der Waals surface area contributed by atoms with E-state index >= 15 is 0 Å². The van der Waals surface area contributed by atoms with E-state index in [1.807, 2.05) is 53.1 Å². The number of hydrogen-bond acceptors (Lipinski definition) is 4. The molecule has 1 saturated heterocycles. The van der Waals surface area contributed by atoms with Crippen LogP contribution in [-0.2, 0) is 0 Å². The van der Waals surface area contributed by atoms with Crippen molar-refractivity contribution in [1.29, 1.82) is 0 Å². The summed E-state index contributed by atoms with van der Waals surface area (Å²) in [5, 5.41) is 0.350. The van der Waals surface area contributed by atoms with Gasteiger partial charge in [0, 0.05) is 23.7 Å².